The maximum atomic E-state index is 11.9. The molecule has 1 fully saturated rings. The van der Waals surface area contributed by atoms with Crippen molar-refractivity contribution in [1.29, 1.82) is 0 Å². The van der Waals surface area contributed by atoms with E-state index in [9.17, 15) is 4.79 Å². The monoisotopic (exact) mass is 269 g/mol. The molecule has 1 amide bonds. The molecule has 1 N–H and O–H groups in total. The Hall–Kier alpha value is -0.910. The first kappa shape index (κ1) is 13.5. The van der Waals surface area contributed by atoms with E-state index in [0.717, 1.165) is 42.4 Å². The maximum Gasteiger partial charge on any atom is 0.261 e. The van der Waals surface area contributed by atoms with Crippen LogP contribution in [0.1, 0.15) is 27.4 Å². The van der Waals surface area contributed by atoms with Crippen LogP contribution in [0.4, 0.5) is 0 Å². The number of thiophene rings is 1. The summed E-state index contributed by atoms with van der Waals surface area (Å²) in [6.45, 7) is 3.00. The SMILES string of the molecule is COCc1ccc(C(=O)NCCC2CCOC2)s1. The minimum atomic E-state index is 0.0151. The summed E-state index contributed by atoms with van der Waals surface area (Å²) < 4.78 is 10.3. The highest BCUT2D eigenvalue weighted by molar-refractivity contribution is 7.14. The van der Waals surface area contributed by atoms with Crippen LogP contribution in [-0.4, -0.2) is 32.8 Å². The molecule has 0 radical (unpaired) electrons. The van der Waals surface area contributed by atoms with Crippen molar-refractivity contribution in [3.05, 3.63) is 21.9 Å². The number of nitrogens with one attached hydrogen (secondary N) is 1. The van der Waals surface area contributed by atoms with Gasteiger partial charge in [-0.15, -0.1) is 11.3 Å². The first-order valence-electron chi connectivity index (χ1n) is 6.23. The van der Waals surface area contributed by atoms with Gasteiger partial charge in [0, 0.05) is 31.7 Å². The van der Waals surface area contributed by atoms with Gasteiger partial charge in [-0.25, -0.2) is 0 Å². The highest BCUT2D eigenvalue weighted by Crippen LogP contribution is 2.18. The van der Waals surface area contributed by atoms with Gasteiger partial charge in [-0.2, -0.15) is 0 Å². The molecular formula is C13H19NO3S. The van der Waals surface area contributed by atoms with Gasteiger partial charge >= 0.3 is 0 Å². The van der Waals surface area contributed by atoms with Crippen molar-refractivity contribution in [1.82, 2.24) is 5.32 Å². The van der Waals surface area contributed by atoms with Crippen LogP contribution >= 0.6 is 11.3 Å². The van der Waals surface area contributed by atoms with Crippen LogP contribution in [0.15, 0.2) is 12.1 Å². The largest absolute Gasteiger partial charge is 0.381 e. The molecule has 1 saturated heterocycles. The van der Waals surface area contributed by atoms with Crippen molar-refractivity contribution in [3.63, 3.8) is 0 Å². The third-order valence-electron chi connectivity index (χ3n) is 3.03. The van der Waals surface area contributed by atoms with E-state index in [2.05, 4.69) is 5.32 Å². The number of ether oxygens (including phenoxy) is 2. The Morgan fingerprint density at radius 3 is 3.22 bits per heavy atom. The number of amides is 1. The Morgan fingerprint density at radius 1 is 1.61 bits per heavy atom. The van der Waals surface area contributed by atoms with Crippen molar-refractivity contribution in [2.45, 2.75) is 19.4 Å². The summed E-state index contributed by atoms with van der Waals surface area (Å²) in [4.78, 5) is 13.7. The van der Waals surface area contributed by atoms with Gasteiger partial charge in [-0.05, 0) is 30.9 Å². The molecule has 0 aromatic carbocycles. The molecule has 5 heteroatoms. The van der Waals surface area contributed by atoms with Crippen molar-refractivity contribution < 1.29 is 14.3 Å². The fourth-order valence-corrected chi connectivity index (χ4v) is 2.90. The van der Waals surface area contributed by atoms with Crippen molar-refractivity contribution in [2.24, 2.45) is 5.92 Å². The highest BCUT2D eigenvalue weighted by atomic mass is 32.1. The van der Waals surface area contributed by atoms with Crippen LogP contribution < -0.4 is 5.32 Å². The van der Waals surface area contributed by atoms with Gasteiger partial charge in [0.1, 0.15) is 0 Å². The van der Waals surface area contributed by atoms with Crippen molar-refractivity contribution in [3.8, 4) is 0 Å². The van der Waals surface area contributed by atoms with E-state index in [-0.39, 0.29) is 5.91 Å². The molecule has 1 aromatic heterocycles. The predicted molar refractivity (Wildman–Crippen MR) is 70.9 cm³/mol. The minimum Gasteiger partial charge on any atom is -0.381 e. The zero-order valence-electron chi connectivity index (χ0n) is 10.6. The van der Waals surface area contributed by atoms with Crippen molar-refractivity contribution >= 4 is 17.2 Å². The van der Waals surface area contributed by atoms with Crippen LogP contribution in [0.25, 0.3) is 0 Å². The summed E-state index contributed by atoms with van der Waals surface area (Å²) >= 11 is 1.49. The van der Waals surface area contributed by atoms with E-state index in [4.69, 9.17) is 9.47 Å². The fraction of sp³-hybridized carbons (Fsp3) is 0.615. The van der Waals surface area contributed by atoms with E-state index in [0.29, 0.717) is 12.5 Å². The molecule has 0 bridgehead atoms. The normalized spacial score (nSPS) is 19.1. The van der Waals surface area contributed by atoms with Crippen LogP contribution in [-0.2, 0) is 16.1 Å². The minimum absolute atomic E-state index is 0.0151. The standard InChI is InChI=1S/C13H19NO3S/c1-16-9-11-2-3-12(18-11)13(15)14-6-4-10-5-7-17-8-10/h2-3,10H,4-9H2,1H3,(H,14,15). The lowest BCUT2D eigenvalue weighted by molar-refractivity contribution is 0.0954. The first-order chi connectivity index (χ1) is 8.79. The summed E-state index contributed by atoms with van der Waals surface area (Å²) in [5.74, 6) is 0.624. The summed E-state index contributed by atoms with van der Waals surface area (Å²) in [7, 11) is 1.66. The number of methoxy groups -OCH3 is 1. The lowest BCUT2D eigenvalue weighted by Crippen LogP contribution is -2.25. The molecule has 100 valence electrons. The quantitative estimate of drug-likeness (QED) is 0.860. The molecule has 1 aliphatic heterocycles. The van der Waals surface area contributed by atoms with Crippen LogP contribution in [0.5, 0.6) is 0 Å². The second kappa shape index (κ2) is 6.87. The summed E-state index contributed by atoms with van der Waals surface area (Å²) in [5, 5.41) is 2.96. The molecule has 0 aliphatic carbocycles. The summed E-state index contributed by atoms with van der Waals surface area (Å²) in [6.07, 6.45) is 2.12. The highest BCUT2D eigenvalue weighted by Gasteiger charge is 2.16. The third-order valence-corrected chi connectivity index (χ3v) is 4.09. The van der Waals surface area contributed by atoms with E-state index < -0.39 is 0 Å². The van der Waals surface area contributed by atoms with Crippen LogP contribution in [0.3, 0.4) is 0 Å². The number of carbonyl (C=O) groups is 1. The molecule has 18 heavy (non-hydrogen) atoms. The molecule has 1 aromatic rings. The first-order valence-corrected chi connectivity index (χ1v) is 7.05. The molecule has 2 heterocycles. The second-order valence-corrected chi connectivity index (χ2v) is 5.64. The van der Waals surface area contributed by atoms with Crippen LogP contribution in [0, 0.1) is 5.92 Å². The predicted octanol–water partition coefficient (Wildman–Crippen LogP) is 2.05. The number of hydrogen-bond donors (Lipinski definition) is 1. The molecule has 1 atom stereocenters. The zero-order chi connectivity index (χ0) is 12.8. The Bertz CT molecular complexity index is 385. The van der Waals surface area contributed by atoms with E-state index in [1.807, 2.05) is 12.1 Å². The zero-order valence-corrected chi connectivity index (χ0v) is 11.4. The average molecular weight is 269 g/mol. The second-order valence-electron chi connectivity index (χ2n) is 4.47. The van der Waals surface area contributed by atoms with E-state index >= 15 is 0 Å². The third kappa shape index (κ3) is 3.80. The molecule has 0 spiro atoms. The van der Waals surface area contributed by atoms with Gasteiger partial charge in [-0.1, -0.05) is 0 Å². The number of rotatable bonds is 6. The Balaban J connectivity index is 1.72. The van der Waals surface area contributed by atoms with Gasteiger partial charge in [0.05, 0.1) is 11.5 Å². The number of hydrogen-bond acceptors (Lipinski definition) is 4. The fourth-order valence-electron chi connectivity index (χ4n) is 2.01. The number of carbonyl (C=O) groups excluding carboxylic acids is 1. The molecule has 1 unspecified atom stereocenters. The topological polar surface area (TPSA) is 47.6 Å². The smallest absolute Gasteiger partial charge is 0.261 e. The Kier molecular flexibility index (Phi) is 5.16. The lowest BCUT2D eigenvalue weighted by atomic mass is 10.1. The molecule has 1 aliphatic rings. The molecule has 2 rings (SSSR count). The van der Waals surface area contributed by atoms with Gasteiger partial charge in [0.2, 0.25) is 0 Å². The van der Waals surface area contributed by atoms with Gasteiger partial charge in [0.25, 0.3) is 5.91 Å². The van der Waals surface area contributed by atoms with Gasteiger partial charge in [-0.3, -0.25) is 4.79 Å². The van der Waals surface area contributed by atoms with Gasteiger partial charge in [0.15, 0.2) is 0 Å². The molecule has 0 saturated carbocycles. The van der Waals surface area contributed by atoms with E-state index in [1.165, 1.54) is 11.3 Å². The van der Waals surface area contributed by atoms with E-state index in [1.54, 1.807) is 7.11 Å². The maximum absolute atomic E-state index is 11.9. The summed E-state index contributed by atoms with van der Waals surface area (Å²) in [6, 6.07) is 3.79. The van der Waals surface area contributed by atoms with Gasteiger partial charge < -0.3 is 14.8 Å². The summed E-state index contributed by atoms with van der Waals surface area (Å²) in [5.41, 5.74) is 0. The molecule has 4 nitrogen and oxygen atoms in total. The average Bonchev–Trinajstić information content (AvgIpc) is 3.00. The Morgan fingerprint density at radius 2 is 2.50 bits per heavy atom. The Labute approximate surface area is 111 Å². The molecular weight excluding hydrogens is 250 g/mol. The van der Waals surface area contributed by atoms with Crippen LogP contribution in [0.2, 0.25) is 0 Å². The lowest BCUT2D eigenvalue weighted by Gasteiger charge is -2.07. The van der Waals surface area contributed by atoms with Crippen molar-refractivity contribution in [2.75, 3.05) is 26.9 Å².